The Morgan fingerprint density at radius 3 is 2.57 bits per heavy atom. The number of hydrogen-bond acceptors (Lipinski definition) is 7. The Morgan fingerprint density at radius 2 is 1.86 bits per heavy atom. The molecule has 182 valence electrons. The van der Waals surface area contributed by atoms with Crippen LogP contribution in [0, 0.1) is 11.6 Å². The van der Waals surface area contributed by atoms with Gasteiger partial charge in [-0.3, -0.25) is 0 Å². The Morgan fingerprint density at radius 1 is 1.09 bits per heavy atom. The third-order valence-electron chi connectivity index (χ3n) is 6.22. The van der Waals surface area contributed by atoms with Crippen molar-refractivity contribution in [3.8, 4) is 16.9 Å². The molecule has 35 heavy (non-hydrogen) atoms. The Bertz CT molecular complexity index is 1300. The Kier molecular flexibility index (Phi) is 6.90. The fourth-order valence-electron chi connectivity index (χ4n) is 4.55. The number of aliphatic hydroxyl groups is 1. The molecule has 5 rings (SSSR count). The minimum Gasteiger partial charge on any atom is -0.468 e. The predicted octanol–water partition coefficient (Wildman–Crippen LogP) is 4.98. The fraction of sp³-hybridized carbons (Fsp3) is 0.308. The van der Waals surface area contributed by atoms with Crippen LogP contribution in [-0.2, 0) is 0 Å². The van der Waals surface area contributed by atoms with Crippen LogP contribution in [0.4, 0.5) is 14.6 Å². The van der Waals surface area contributed by atoms with Crippen molar-refractivity contribution in [2.45, 2.75) is 38.1 Å². The molecule has 1 aliphatic rings. The fourth-order valence-corrected chi connectivity index (χ4v) is 5.46. The number of nitrogens with zero attached hydrogens (tertiary/aromatic N) is 3. The van der Waals surface area contributed by atoms with Gasteiger partial charge in [-0.2, -0.15) is 0 Å². The van der Waals surface area contributed by atoms with E-state index in [1.807, 2.05) is 35.2 Å². The first-order valence-electron chi connectivity index (χ1n) is 11.6. The van der Waals surface area contributed by atoms with Crippen LogP contribution >= 0.6 is 11.3 Å². The summed E-state index contributed by atoms with van der Waals surface area (Å²) in [6.45, 7) is 3.24. The number of halogens is 2. The number of hydrogen-bond donors (Lipinski definition) is 2. The smallest absolute Gasteiger partial charge is 0.199 e. The second-order valence-corrected chi connectivity index (χ2v) is 9.46. The van der Waals surface area contributed by atoms with Gasteiger partial charge in [-0.05, 0) is 50.6 Å². The lowest BCUT2D eigenvalue weighted by molar-refractivity contribution is 0.0384. The Balaban J connectivity index is 1.65. The van der Waals surface area contributed by atoms with E-state index in [9.17, 15) is 13.9 Å². The summed E-state index contributed by atoms with van der Waals surface area (Å²) < 4.78 is 33.6. The monoisotopic (exact) mass is 496 g/mol. The van der Waals surface area contributed by atoms with E-state index in [-0.39, 0.29) is 11.8 Å². The number of thiophene rings is 1. The van der Waals surface area contributed by atoms with Gasteiger partial charge in [0.15, 0.2) is 17.9 Å². The third-order valence-corrected chi connectivity index (χ3v) is 7.10. The number of ether oxygens (including phenoxy) is 1. The van der Waals surface area contributed by atoms with E-state index in [0.717, 1.165) is 59.4 Å². The largest absolute Gasteiger partial charge is 0.468 e. The predicted molar refractivity (Wildman–Crippen MR) is 134 cm³/mol. The average molecular weight is 497 g/mol. The van der Waals surface area contributed by atoms with Crippen molar-refractivity contribution in [1.82, 2.24) is 15.3 Å². The molecule has 0 spiro atoms. The minimum absolute atomic E-state index is 0.00256. The second kappa shape index (κ2) is 10.2. The summed E-state index contributed by atoms with van der Waals surface area (Å²) in [5.41, 5.74) is 2.03. The van der Waals surface area contributed by atoms with Gasteiger partial charge in [0.2, 0.25) is 0 Å². The molecule has 0 aliphatic carbocycles. The molecule has 0 saturated carbocycles. The zero-order chi connectivity index (χ0) is 24.4. The quantitative estimate of drug-likeness (QED) is 0.352. The molecule has 2 N–H and O–H groups in total. The van der Waals surface area contributed by atoms with Crippen molar-refractivity contribution in [2.75, 3.05) is 18.0 Å². The average Bonchev–Trinajstić information content (AvgIpc) is 3.32. The summed E-state index contributed by atoms with van der Waals surface area (Å²) in [6, 6.07) is 13.4. The molecular weight excluding hydrogens is 470 g/mol. The number of aromatic nitrogens is 2. The molecule has 1 aliphatic heterocycles. The van der Waals surface area contributed by atoms with Gasteiger partial charge < -0.3 is 20.1 Å². The molecule has 4 aromatic rings. The minimum atomic E-state index is -1.01. The van der Waals surface area contributed by atoms with Crippen LogP contribution in [0.2, 0.25) is 0 Å². The number of piperidine rings is 1. The highest BCUT2D eigenvalue weighted by Gasteiger charge is 2.35. The number of anilines is 1. The number of rotatable bonds is 7. The van der Waals surface area contributed by atoms with E-state index >= 15 is 0 Å². The maximum atomic E-state index is 14.0. The highest BCUT2D eigenvalue weighted by atomic mass is 32.1. The van der Waals surface area contributed by atoms with Gasteiger partial charge >= 0.3 is 0 Å². The maximum Gasteiger partial charge on any atom is 0.199 e. The van der Waals surface area contributed by atoms with Crippen LogP contribution < -0.4 is 15.0 Å². The first kappa shape index (κ1) is 23.6. The Labute approximate surface area is 206 Å². The first-order chi connectivity index (χ1) is 17.0. The molecule has 3 heterocycles. The van der Waals surface area contributed by atoms with Gasteiger partial charge in [0.1, 0.15) is 28.8 Å². The lowest BCUT2D eigenvalue weighted by Gasteiger charge is -2.42. The van der Waals surface area contributed by atoms with Crippen LogP contribution in [0.15, 0.2) is 60.2 Å². The number of fused-ring (bicyclic) bond motifs is 1. The van der Waals surface area contributed by atoms with Gasteiger partial charge in [0.05, 0.1) is 5.39 Å². The Hall–Kier alpha value is -3.14. The summed E-state index contributed by atoms with van der Waals surface area (Å²) in [6.07, 6.45) is 1.29. The van der Waals surface area contributed by atoms with E-state index in [2.05, 4.69) is 15.7 Å². The van der Waals surface area contributed by atoms with Gasteiger partial charge in [-0.1, -0.05) is 30.3 Å². The highest BCUT2D eigenvalue weighted by Crippen LogP contribution is 2.40. The molecule has 1 saturated heterocycles. The molecule has 6 nitrogen and oxygen atoms in total. The molecule has 2 aromatic heterocycles. The summed E-state index contributed by atoms with van der Waals surface area (Å²) in [5, 5.41) is 17.2. The van der Waals surface area contributed by atoms with Gasteiger partial charge in [0.25, 0.3) is 0 Å². The molecule has 0 bridgehead atoms. The van der Waals surface area contributed by atoms with Crippen molar-refractivity contribution in [2.24, 2.45) is 0 Å². The summed E-state index contributed by atoms with van der Waals surface area (Å²) in [4.78, 5) is 12.0. The molecule has 9 heteroatoms. The molecule has 0 radical (unpaired) electrons. The van der Waals surface area contributed by atoms with E-state index in [4.69, 9.17) is 9.72 Å². The van der Waals surface area contributed by atoms with Crippen LogP contribution in [-0.4, -0.2) is 46.5 Å². The van der Waals surface area contributed by atoms with Crippen molar-refractivity contribution >= 4 is 27.4 Å². The first-order valence-corrected chi connectivity index (χ1v) is 12.5. The van der Waals surface area contributed by atoms with Crippen LogP contribution in [0.3, 0.4) is 0 Å². The lowest BCUT2D eigenvalue weighted by Crippen LogP contribution is -2.55. The third kappa shape index (κ3) is 4.84. The van der Waals surface area contributed by atoms with E-state index < -0.39 is 24.0 Å². The molecule has 1 fully saturated rings. The van der Waals surface area contributed by atoms with E-state index in [1.54, 1.807) is 6.92 Å². The van der Waals surface area contributed by atoms with E-state index in [0.29, 0.717) is 5.82 Å². The zero-order valence-electron chi connectivity index (χ0n) is 19.2. The van der Waals surface area contributed by atoms with Crippen molar-refractivity contribution in [1.29, 1.82) is 0 Å². The van der Waals surface area contributed by atoms with Crippen molar-refractivity contribution in [3.63, 3.8) is 0 Å². The summed E-state index contributed by atoms with van der Waals surface area (Å²) in [7, 11) is 0. The molecule has 0 amide bonds. The van der Waals surface area contributed by atoms with Crippen LogP contribution in [0.5, 0.6) is 5.75 Å². The maximum absolute atomic E-state index is 14.0. The molecule has 2 aromatic carbocycles. The molecule has 2 unspecified atom stereocenters. The summed E-state index contributed by atoms with van der Waals surface area (Å²) in [5.74, 6) is -1.18. The number of aliphatic hydroxyl groups excluding tert-OH is 1. The van der Waals surface area contributed by atoms with Gasteiger partial charge in [-0.15, -0.1) is 11.3 Å². The molecule has 2 atom stereocenters. The SMILES string of the molecule is CC(O)C(Oc1ccc(F)c(F)c1)N(c1ncnc2scc(-c3ccccc3)c12)C1CCNCC1. The normalized spacial score (nSPS) is 16.2. The van der Waals surface area contributed by atoms with Crippen molar-refractivity contribution < 1.29 is 18.6 Å². The lowest BCUT2D eigenvalue weighted by atomic mass is 10.0. The number of benzene rings is 2. The van der Waals surface area contributed by atoms with E-state index in [1.165, 1.54) is 23.7 Å². The van der Waals surface area contributed by atoms with Crippen molar-refractivity contribution in [3.05, 3.63) is 71.9 Å². The molecular formula is C26H26F2N4O2S. The second-order valence-electron chi connectivity index (χ2n) is 8.61. The van der Waals surface area contributed by atoms with Gasteiger partial charge in [0, 0.05) is 23.1 Å². The van der Waals surface area contributed by atoms with Crippen LogP contribution in [0.25, 0.3) is 21.3 Å². The zero-order valence-corrected chi connectivity index (χ0v) is 20.0. The summed E-state index contributed by atoms with van der Waals surface area (Å²) >= 11 is 1.53. The topological polar surface area (TPSA) is 70.5 Å². The highest BCUT2D eigenvalue weighted by molar-refractivity contribution is 7.17. The van der Waals surface area contributed by atoms with Gasteiger partial charge in [-0.25, -0.2) is 18.7 Å². The number of nitrogens with one attached hydrogen (secondary N) is 1. The standard InChI is InChI=1S/C26H26F2N4O2S/c1-16(33)26(34-19-7-8-21(27)22(28)13-19)32(18-9-11-29-12-10-18)24-23-20(17-5-3-2-4-6-17)14-35-25(23)31-15-30-24/h2-8,13-16,18,26,29,33H,9-12H2,1H3. The van der Waals surface area contributed by atoms with Crippen LogP contribution in [0.1, 0.15) is 19.8 Å².